The normalized spacial score (nSPS) is 18.7. The summed E-state index contributed by atoms with van der Waals surface area (Å²) in [5.74, 6) is -3.38. The Kier molecular flexibility index (Phi) is 7.10. The summed E-state index contributed by atoms with van der Waals surface area (Å²) in [5, 5.41) is 0. The number of carbonyl (C=O) groups excluding carboxylic acids is 2. The van der Waals surface area contributed by atoms with Gasteiger partial charge in [-0.25, -0.2) is 18.2 Å². The van der Waals surface area contributed by atoms with Gasteiger partial charge in [0.2, 0.25) is 5.88 Å². The van der Waals surface area contributed by atoms with Crippen molar-refractivity contribution in [1.82, 2.24) is 14.8 Å². The Morgan fingerprint density at radius 3 is 2.22 bits per heavy atom. The number of hydrogen-bond acceptors (Lipinski definition) is 5. The Labute approximate surface area is 216 Å². The van der Waals surface area contributed by atoms with E-state index in [0.29, 0.717) is 26.2 Å². The third-order valence-corrected chi connectivity index (χ3v) is 7.90. The van der Waals surface area contributed by atoms with E-state index in [4.69, 9.17) is 4.74 Å². The lowest BCUT2D eigenvalue weighted by molar-refractivity contribution is 0.0737. The topological polar surface area (TPSA) is 62.7 Å². The van der Waals surface area contributed by atoms with Crippen LogP contribution in [-0.2, 0) is 5.75 Å². The number of benzene rings is 2. The van der Waals surface area contributed by atoms with E-state index >= 15 is 0 Å². The number of hydrogen-bond donors (Lipinski definition) is 0. The van der Waals surface area contributed by atoms with Crippen LogP contribution >= 0.6 is 11.8 Å². The number of carbonyl (C=O) groups is 2. The average Bonchev–Trinajstić information content (AvgIpc) is 3.49. The number of aromatic nitrogens is 1. The Morgan fingerprint density at radius 1 is 0.946 bits per heavy atom. The first-order valence-corrected chi connectivity index (χ1v) is 12.8. The SMILES string of the molecule is COc1ncc(C(=O)N2C[C@@H]3CN(C(=O)c4ccc(F)c(F)c4CSc4ccccc4)C[C@@H]3C2)cc1F. The molecule has 1 aromatic heterocycles. The monoisotopic (exact) mass is 527 g/mol. The highest BCUT2D eigenvalue weighted by Crippen LogP contribution is 2.34. The molecule has 2 amide bonds. The minimum absolute atomic E-state index is 0.0383. The molecule has 2 fully saturated rings. The number of pyridine rings is 1. The highest BCUT2D eigenvalue weighted by atomic mass is 32.2. The number of fused-ring (bicyclic) bond motifs is 1. The molecule has 192 valence electrons. The van der Waals surface area contributed by atoms with E-state index in [0.717, 1.165) is 17.0 Å². The van der Waals surface area contributed by atoms with Crippen LogP contribution in [0.5, 0.6) is 5.88 Å². The van der Waals surface area contributed by atoms with Gasteiger partial charge in [0.1, 0.15) is 0 Å². The molecular formula is C27H24F3N3O3S. The molecule has 0 unspecified atom stereocenters. The number of methoxy groups -OCH3 is 1. The van der Waals surface area contributed by atoms with Crippen molar-refractivity contribution in [3.63, 3.8) is 0 Å². The van der Waals surface area contributed by atoms with Gasteiger partial charge in [0.05, 0.1) is 12.7 Å². The lowest BCUT2D eigenvalue weighted by atomic mass is 10.0. The minimum atomic E-state index is -1.01. The number of ether oxygens (including phenoxy) is 1. The first-order chi connectivity index (χ1) is 17.9. The van der Waals surface area contributed by atoms with Gasteiger partial charge in [0.25, 0.3) is 11.8 Å². The van der Waals surface area contributed by atoms with Crippen LogP contribution in [0.4, 0.5) is 13.2 Å². The van der Waals surface area contributed by atoms with Crippen LogP contribution in [0.1, 0.15) is 26.3 Å². The highest BCUT2D eigenvalue weighted by Gasteiger charge is 2.43. The molecule has 0 bridgehead atoms. The quantitative estimate of drug-likeness (QED) is 0.437. The van der Waals surface area contributed by atoms with Crippen molar-refractivity contribution in [2.45, 2.75) is 10.6 Å². The number of halogens is 3. The second-order valence-electron chi connectivity index (χ2n) is 9.14. The second-order valence-corrected chi connectivity index (χ2v) is 10.2. The van der Waals surface area contributed by atoms with Gasteiger partial charge in [-0.15, -0.1) is 11.8 Å². The maximum absolute atomic E-state index is 14.8. The van der Waals surface area contributed by atoms with Crippen LogP contribution in [-0.4, -0.2) is 59.9 Å². The van der Waals surface area contributed by atoms with Crippen molar-refractivity contribution < 1.29 is 27.5 Å². The van der Waals surface area contributed by atoms with E-state index < -0.39 is 17.5 Å². The van der Waals surface area contributed by atoms with Crippen molar-refractivity contribution in [1.29, 1.82) is 0 Å². The van der Waals surface area contributed by atoms with Gasteiger partial charge in [0, 0.05) is 66.0 Å². The van der Waals surface area contributed by atoms with Gasteiger partial charge >= 0.3 is 0 Å². The number of thioether (sulfide) groups is 1. The molecule has 0 N–H and O–H groups in total. The van der Waals surface area contributed by atoms with Crippen LogP contribution in [0.2, 0.25) is 0 Å². The molecule has 5 rings (SSSR count). The Morgan fingerprint density at radius 2 is 1.59 bits per heavy atom. The number of nitrogens with zero attached hydrogens (tertiary/aromatic N) is 3. The molecule has 0 radical (unpaired) electrons. The molecule has 6 nitrogen and oxygen atoms in total. The van der Waals surface area contributed by atoms with Gasteiger partial charge in [-0.05, 0) is 30.3 Å². The third kappa shape index (κ3) is 5.02. The molecule has 0 aliphatic carbocycles. The molecule has 2 saturated heterocycles. The average molecular weight is 528 g/mol. The van der Waals surface area contributed by atoms with Crippen molar-refractivity contribution >= 4 is 23.6 Å². The van der Waals surface area contributed by atoms with Crippen LogP contribution in [0.25, 0.3) is 0 Å². The van der Waals surface area contributed by atoms with E-state index in [1.165, 1.54) is 31.1 Å². The molecule has 3 heterocycles. The summed E-state index contributed by atoms with van der Waals surface area (Å²) >= 11 is 1.33. The molecule has 2 atom stereocenters. The lowest BCUT2D eigenvalue weighted by Gasteiger charge is -2.23. The predicted octanol–water partition coefficient (Wildman–Crippen LogP) is 4.64. The lowest BCUT2D eigenvalue weighted by Crippen LogP contribution is -2.36. The summed E-state index contributed by atoms with van der Waals surface area (Å²) in [4.78, 5) is 34.3. The molecule has 3 aromatic rings. The zero-order valence-electron chi connectivity index (χ0n) is 20.0. The van der Waals surface area contributed by atoms with Crippen LogP contribution < -0.4 is 4.74 Å². The fourth-order valence-corrected chi connectivity index (χ4v) is 5.92. The van der Waals surface area contributed by atoms with Gasteiger partial charge in [-0.1, -0.05) is 18.2 Å². The fourth-order valence-electron chi connectivity index (χ4n) is 4.98. The van der Waals surface area contributed by atoms with Gasteiger partial charge in [-0.3, -0.25) is 9.59 Å². The largest absolute Gasteiger partial charge is 0.479 e. The first kappa shape index (κ1) is 25.1. The van der Waals surface area contributed by atoms with Gasteiger partial charge < -0.3 is 14.5 Å². The van der Waals surface area contributed by atoms with Crippen LogP contribution in [0.15, 0.2) is 59.6 Å². The Balaban J connectivity index is 1.26. The maximum atomic E-state index is 14.8. The smallest absolute Gasteiger partial charge is 0.255 e. The summed E-state index contributed by atoms with van der Waals surface area (Å²) in [5.41, 5.74) is 0.324. The van der Waals surface area contributed by atoms with Crippen molar-refractivity contribution in [3.05, 3.63) is 88.9 Å². The molecule has 10 heteroatoms. The summed E-state index contributed by atoms with van der Waals surface area (Å²) < 4.78 is 47.7. The maximum Gasteiger partial charge on any atom is 0.255 e. The molecule has 0 saturated carbocycles. The fraction of sp³-hybridized carbons (Fsp3) is 0.296. The van der Waals surface area contributed by atoms with Gasteiger partial charge in [-0.2, -0.15) is 0 Å². The van der Waals surface area contributed by atoms with Crippen LogP contribution in [0.3, 0.4) is 0 Å². The predicted molar refractivity (Wildman–Crippen MR) is 132 cm³/mol. The summed E-state index contributed by atoms with van der Waals surface area (Å²) in [6.45, 7) is 1.62. The second kappa shape index (κ2) is 10.5. The molecule has 0 spiro atoms. The standard InChI is InChI=1S/C27H24F3N3O3S/c1-36-25-23(29)9-16(10-31-25)26(34)32-11-17-13-33(14-18(17)12-32)27(35)20-7-8-22(28)24(30)21(20)15-37-19-5-3-2-4-6-19/h2-10,17-18H,11-15H2,1H3/t17-,18+. The van der Waals surface area contributed by atoms with E-state index in [1.807, 2.05) is 30.3 Å². The Hall–Kier alpha value is -3.53. The molecular weight excluding hydrogens is 503 g/mol. The zero-order chi connectivity index (χ0) is 26.1. The first-order valence-electron chi connectivity index (χ1n) is 11.8. The minimum Gasteiger partial charge on any atom is -0.479 e. The number of rotatable bonds is 6. The molecule has 2 aliphatic heterocycles. The molecule has 2 aromatic carbocycles. The van der Waals surface area contributed by atoms with Crippen molar-refractivity contribution in [2.24, 2.45) is 11.8 Å². The van der Waals surface area contributed by atoms with E-state index in [9.17, 15) is 22.8 Å². The summed E-state index contributed by atoms with van der Waals surface area (Å²) in [7, 11) is 1.30. The van der Waals surface area contributed by atoms with Gasteiger partial charge in [0.15, 0.2) is 17.5 Å². The third-order valence-electron chi connectivity index (χ3n) is 6.86. The number of likely N-dealkylation sites (tertiary alicyclic amines) is 2. The van der Waals surface area contributed by atoms with Crippen molar-refractivity contribution in [3.8, 4) is 5.88 Å². The van der Waals surface area contributed by atoms with Crippen LogP contribution in [0, 0.1) is 29.3 Å². The number of amides is 2. The molecule has 37 heavy (non-hydrogen) atoms. The molecule has 2 aliphatic rings. The summed E-state index contributed by atoms with van der Waals surface area (Å²) in [6.07, 6.45) is 1.28. The van der Waals surface area contributed by atoms with E-state index in [1.54, 1.807) is 9.80 Å². The highest BCUT2D eigenvalue weighted by molar-refractivity contribution is 7.98. The zero-order valence-corrected chi connectivity index (χ0v) is 20.8. The Bertz CT molecular complexity index is 1330. The van der Waals surface area contributed by atoms with Crippen molar-refractivity contribution in [2.75, 3.05) is 33.3 Å². The summed E-state index contributed by atoms with van der Waals surface area (Å²) in [6, 6.07) is 12.8. The van der Waals surface area contributed by atoms with E-state index in [-0.39, 0.29) is 52.0 Å². The van der Waals surface area contributed by atoms with E-state index in [2.05, 4.69) is 4.98 Å².